The van der Waals surface area contributed by atoms with Crippen LogP contribution in [0.4, 0.5) is 0 Å². The SMILES string of the molecule is CCC(C)(C)NCCOc1ccc(C(C)(C)C)cc1C(C)(C)C. The van der Waals surface area contributed by atoms with Crippen molar-refractivity contribution in [2.24, 2.45) is 0 Å². The van der Waals surface area contributed by atoms with Gasteiger partial charge in [-0.25, -0.2) is 0 Å². The zero-order chi connectivity index (χ0) is 17.9. The lowest BCUT2D eigenvalue weighted by Gasteiger charge is -2.28. The second-order valence-electron chi connectivity index (χ2n) is 9.22. The molecule has 0 saturated heterocycles. The molecule has 0 aliphatic heterocycles. The molecule has 0 saturated carbocycles. The number of nitrogens with one attached hydrogen (secondary N) is 1. The van der Waals surface area contributed by atoms with Crippen molar-refractivity contribution < 1.29 is 4.74 Å². The van der Waals surface area contributed by atoms with Crippen LogP contribution in [0.2, 0.25) is 0 Å². The summed E-state index contributed by atoms with van der Waals surface area (Å²) in [5.41, 5.74) is 3.06. The molecule has 23 heavy (non-hydrogen) atoms. The Labute approximate surface area is 144 Å². The number of ether oxygens (including phenoxy) is 1. The van der Waals surface area contributed by atoms with Gasteiger partial charge in [-0.15, -0.1) is 0 Å². The summed E-state index contributed by atoms with van der Waals surface area (Å²) in [7, 11) is 0. The first kappa shape index (κ1) is 20.0. The van der Waals surface area contributed by atoms with E-state index in [1.807, 2.05) is 0 Å². The molecule has 0 bridgehead atoms. The van der Waals surface area contributed by atoms with Gasteiger partial charge >= 0.3 is 0 Å². The molecule has 1 aromatic carbocycles. The minimum Gasteiger partial charge on any atom is -0.492 e. The Bertz CT molecular complexity index is 504. The zero-order valence-electron chi connectivity index (χ0n) is 16.8. The summed E-state index contributed by atoms with van der Waals surface area (Å²) in [6.07, 6.45) is 1.11. The summed E-state index contributed by atoms with van der Waals surface area (Å²) < 4.78 is 6.11. The van der Waals surface area contributed by atoms with Gasteiger partial charge in [-0.3, -0.25) is 0 Å². The first-order chi connectivity index (χ1) is 10.4. The van der Waals surface area contributed by atoms with Gasteiger partial charge in [-0.05, 0) is 48.3 Å². The molecule has 1 aromatic rings. The van der Waals surface area contributed by atoms with Crippen molar-refractivity contribution in [3.05, 3.63) is 29.3 Å². The third kappa shape index (κ3) is 6.18. The quantitative estimate of drug-likeness (QED) is 0.705. The van der Waals surface area contributed by atoms with E-state index >= 15 is 0 Å². The Kier molecular flexibility index (Phi) is 6.32. The van der Waals surface area contributed by atoms with E-state index in [1.54, 1.807) is 0 Å². The minimum absolute atomic E-state index is 0.0761. The summed E-state index contributed by atoms with van der Waals surface area (Å²) in [5, 5.41) is 3.55. The molecular weight excluding hydrogens is 282 g/mol. The van der Waals surface area contributed by atoms with Gasteiger partial charge in [-0.1, -0.05) is 60.6 Å². The highest BCUT2D eigenvalue weighted by molar-refractivity contribution is 5.43. The van der Waals surface area contributed by atoms with E-state index in [4.69, 9.17) is 4.74 Å². The normalized spacial score (nSPS) is 13.3. The molecule has 0 atom stereocenters. The van der Waals surface area contributed by atoms with Crippen LogP contribution in [0.3, 0.4) is 0 Å². The maximum atomic E-state index is 6.11. The summed E-state index contributed by atoms with van der Waals surface area (Å²) in [6.45, 7) is 21.7. The topological polar surface area (TPSA) is 21.3 Å². The van der Waals surface area contributed by atoms with Crippen LogP contribution in [0.1, 0.15) is 79.9 Å². The van der Waals surface area contributed by atoms with Gasteiger partial charge in [0.05, 0.1) is 0 Å². The lowest BCUT2D eigenvalue weighted by molar-refractivity contribution is 0.275. The van der Waals surface area contributed by atoms with Crippen LogP contribution in [0.15, 0.2) is 18.2 Å². The fraction of sp³-hybridized carbons (Fsp3) is 0.714. The number of hydrogen-bond donors (Lipinski definition) is 1. The monoisotopic (exact) mass is 319 g/mol. The second-order valence-corrected chi connectivity index (χ2v) is 9.22. The van der Waals surface area contributed by atoms with Gasteiger partial charge in [0.1, 0.15) is 12.4 Å². The van der Waals surface area contributed by atoms with Crippen molar-refractivity contribution in [1.29, 1.82) is 0 Å². The van der Waals surface area contributed by atoms with Crippen molar-refractivity contribution >= 4 is 0 Å². The largest absolute Gasteiger partial charge is 0.492 e. The third-order valence-electron chi connectivity index (χ3n) is 4.50. The Morgan fingerprint density at radius 1 is 0.913 bits per heavy atom. The predicted molar refractivity (Wildman–Crippen MR) is 102 cm³/mol. The zero-order valence-corrected chi connectivity index (χ0v) is 16.8. The average Bonchev–Trinajstić information content (AvgIpc) is 2.41. The van der Waals surface area contributed by atoms with Crippen molar-refractivity contribution in [3.8, 4) is 5.75 Å². The third-order valence-corrected chi connectivity index (χ3v) is 4.50. The average molecular weight is 320 g/mol. The van der Waals surface area contributed by atoms with Crippen LogP contribution >= 0.6 is 0 Å². The molecule has 0 heterocycles. The summed E-state index contributed by atoms with van der Waals surface area (Å²) >= 11 is 0. The summed E-state index contributed by atoms with van der Waals surface area (Å²) in [4.78, 5) is 0. The maximum Gasteiger partial charge on any atom is 0.123 e. The Balaban J connectivity index is 2.86. The van der Waals surface area contributed by atoms with E-state index in [9.17, 15) is 0 Å². The van der Waals surface area contributed by atoms with E-state index < -0.39 is 0 Å². The standard InChI is InChI=1S/C21H37NO/c1-10-21(8,9)22-13-14-23-18-12-11-16(19(2,3)4)15-17(18)20(5,6)7/h11-12,15,22H,10,13-14H2,1-9H3. The smallest absolute Gasteiger partial charge is 0.123 e. The van der Waals surface area contributed by atoms with Gasteiger partial charge < -0.3 is 10.1 Å². The second kappa shape index (κ2) is 7.25. The van der Waals surface area contributed by atoms with E-state index in [0.29, 0.717) is 6.61 Å². The molecular formula is C21H37NO. The van der Waals surface area contributed by atoms with Gasteiger partial charge in [0, 0.05) is 12.1 Å². The van der Waals surface area contributed by atoms with Crippen LogP contribution in [-0.4, -0.2) is 18.7 Å². The van der Waals surface area contributed by atoms with Crippen LogP contribution in [0.5, 0.6) is 5.75 Å². The fourth-order valence-corrected chi connectivity index (χ4v) is 2.38. The van der Waals surface area contributed by atoms with Crippen molar-refractivity contribution in [3.63, 3.8) is 0 Å². The molecule has 2 heteroatoms. The van der Waals surface area contributed by atoms with Gasteiger partial charge in [-0.2, -0.15) is 0 Å². The molecule has 132 valence electrons. The molecule has 0 aromatic heterocycles. The van der Waals surface area contributed by atoms with Gasteiger partial charge in [0.15, 0.2) is 0 Å². The van der Waals surface area contributed by atoms with Crippen LogP contribution in [0.25, 0.3) is 0 Å². The molecule has 1 rings (SSSR count). The predicted octanol–water partition coefficient (Wildman–Crippen LogP) is 5.44. The number of rotatable bonds is 6. The first-order valence-electron chi connectivity index (χ1n) is 8.90. The summed E-state index contributed by atoms with van der Waals surface area (Å²) in [6, 6.07) is 6.67. The molecule has 0 spiro atoms. The highest BCUT2D eigenvalue weighted by Crippen LogP contribution is 2.35. The molecule has 2 nitrogen and oxygen atoms in total. The van der Waals surface area contributed by atoms with E-state index in [0.717, 1.165) is 18.7 Å². The molecule has 0 aliphatic carbocycles. The molecule has 0 radical (unpaired) electrons. The van der Waals surface area contributed by atoms with Crippen LogP contribution in [0, 0.1) is 0 Å². The molecule has 0 amide bonds. The maximum absolute atomic E-state index is 6.11. The lowest BCUT2D eigenvalue weighted by Crippen LogP contribution is -2.40. The Morgan fingerprint density at radius 2 is 1.52 bits per heavy atom. The van der Waals surface area contributed by atoms with E-state index in [1.165, 1.54) is 11.1 Å². The Morgan fingerprint density at radius 3 is 2.00 bits per heavy atom. The van der Waals surface area contributed by atoms with E-state index in [2.05, 4.69) is 85.8 Å². The minimum atomic E-state index is 0.0761. The number of benzene rings is 1. The van der Waals surface area contributed by atoms with Crippen molar-refractivity contribution in [1.82, 2.24) is 5.32 Å². The molecule has 0 fully saturated rings. The van der Waals surface area contributed by atoms with Crippen LogP contribution in [-0.2, 0) is 10.8 Å². The Hall–Kier alpha value is -1.02. The van der Waals surface area contributed by atoms with Gasteiger partial charge in [0.25, 0.3) is 0 Å². The van der Waals surface area contributed by atoms with Gasteiger partial charge in [0.2, 0.25) is 0 Å². The van der Waals surface area contributed by atoms with Crippen molar-refractivity contribution in [2.75, 3.05) is 13.2 Å². The molecule has 0 unspecified atom stereocenters. The first-order valence-corrected chi connectivity index (χ1v) is 8.90. The molecule has 0 aliphatic rings. The van der Waals surface area contributed by atoms with E-state index in [-0.39, 0.29) is 16.4 Å². The van der Waals surface area contributed by atoms with Crippen molar-refractivity contribution in [2.45, 2.75) is 85.1 Å². The molecule has 1 N–H and O–H groups in total. The fourth-order valence-electron chi connectivity index (χ4n) is 2.38. The lowest BCUT2D eigenvalue weighted by atomic mass is 9.80. The summed E-state index contributed by atoms with van der Waals surface area (Å²) in [5.74, 6) is 1.02. The highest BCUT2D eigenvalue weighted by Gasteiger charge is 2.23. The number of hydrogen-bond acceptors (Lipinski definition) is 2. The highest BCUT2D eigenvalue weighted by atomic mass is 16.5. The van der Waals surface area contributed by atoms with Crippen LogP contribution < -0.4 is 10.1 Å².